The minimum atomic E-state index is -0.882. The number of halogens is 1. The van der Waals surface area contributed by atoms with E-state index in [1.807, 2.05) is 249 Å². The number of carbonyl (C=O) groups is 6. The number of anilines is 6. The topological polar surface area (TPSA) is 372 Å². The molecule has 33 heteroatoms. The molecule has 144 heavy (non-hydrogen) atoms. The van der Waals surface area contributed by atoms with Gasteiger partial charge in [-0.05, 0) is 304 Å². The lowest BCUT2D eigenvalue weighted by molar-refractivity contribution is 0.140. The van der Waals surface area contributed by atoms with Crippen LogP contribution in [0.25, 0.3) is 0 Å². The van der Waals surface area contributed by atoms with E-state index in [4.69, 9.17) is 37.9 Å². The molecular weight excluding hydrogens is 1960 g/mol. The van der Waals surface area contributed by atoms with Crippen LogP contribution in [-0.4, -0.2) is 124 Å². The highest BCUT2D eigenvalue weighted by Gasteiger charge is 2.29. The SMILES string of the molecule is CCOc1ccc(N(O)C(=O)OC)c(COc2ccc(C)cc2C)c1.CCc1ccc(N(O)C(=O)OC)c(COc2ccc(C)cc2C)c1.COC(=O)N(O)c1ccc(C)cc1COc1ccc(C)cc1C.COC(=O)N(O)c1ccc(C2CC2)cc1COc1ccc(C)cc1C.COC(=O)N(O)c1ccc(I)cc1COc1ccc(C)cc1C.COC(=O)N(O)c1ccc(OC)cc1COc1ccc(C)cc1C. The summed E-state index contributed by atoms with van der Waals surface area (Å²) in [7, 11) is 8.82. The highest BCUT2D eigenvalue weighted by atomic mass is 127. The maximum absolute atomic E-state index is 11.7. The third kappa shape index (κ3) is 33.7. The van der Waals surface area contributed by atoms with Gasteiger partial charge in [0, 0.05) is 37.0 Å². The van der Waals surface area contributed by atoms with Crippen molar-refractivity contribution in [2.45, 2.75) is 169 Å². The molecule has 0 saturated heterocycles. The van der Waals surface area contributed by atoms with Crippen LogP contribution in [0, 0.1) is 93.6 Å². The van der Waals surface area contributed by atoms with E-state index in [0.717, 1.165) is 111 Å². The van der Waals surface area contributed by atoms with Crippen LogP contribution >= 0.6 is 22.6 Å². The second-order valence-corrected chi connectivity index (χ2v) is 34.9. The molecule has 1 aliphatic rings. The van der Waals surface area contributed by atoms with Gasteiger partial charge in [0.1, 0.15) is 85.6 Å². The molecular formula is C111H129IN6O26. The number of hydrogen-bond donors (Lipinski definition) is 6. The van der Waals surface area contributed by atoms with E-state index in [2.05, 4.69) is 57.1 Å². The zero-order chi connectivity index (χ0) is 106. The third-order valence-corrected chi connectivity index (χ3v) is 23.0. The molecule has 1 fully saturated rings. The maximum Gasteiger partial charge on any atom is 0.438 e. The summed E-state index contributed by atoms with van der Waals surface area (Å²) in [6, 6.07) is 67.3. The van der Waals surface area contributed by atoms with Crippen LogP contribution in [0.4, 0.5) is 62.9 Å². The van der Waals surface area contributed by atoms with Crippen molar-refractivity contribution in [3.05, 3.63) is 339 Å². The Bertz CT molecular complexity index is 6120. The van der Waals surface area contributed by atoms with Crippen LogP contribution in [0.1, 0.15) is 149 Å². The molecule has 0 atom stereocenters. The van der Waals surface area contributed by atoms with Gasteiger partial charge in [-0.1, -0.05) is 149 Å². The highest BCUT2D eigenvalue weighted by molar-refractivity contribution is 14.1. The minimum absolute atomic E-state index is 0.157. The normalized spacial score (nSPS) is 10.8. The molecule has 766 valence electrons. The molecule has 0 unspecified atom stereocenters. The van der Waals surface area contributed by atoms with E-state index in [1.54, 1.807) is 73.8 Å². The van der Waals surface area contributed by atoms with Crippen molar-refractivity contribution in [2.24, 2.45) is 0 Å². The number of rotatable bonds is 29. The Balaban J connectivity index is 0.000000211. The predicted octanol–water partition coefficient (Wildman–Crippen LogP) is 25.8. The lowest BCUT2D eigenvalue weighted by Crippen LogP contribution is -2.28. The molecule has 0 heterocycles. The van der Waals surface area contributed by atoms with Crippen molar-refractivity contribution >= 4 is 93.3 Å². The number of nitrogens with zero attached hydrogens (tertiary/aromatic N) is 6. The lowest BCUT2D eigenvalue weighted by Gasteiger charge is -2.19. The van der Waals surface area contributed by atoms with Crippen molar-refractivity contribution in [3.63, 3.8) is 0 Å². The van der Waals surface area contributed by atoms with Crippen LogP contribution in [0.5, 0.6) is 46.0 Å². The standard InChI is InChI=1S/C20H23NO4.C19H23NO5.C19H23NO4.C18H21NO5.C18H21NO4.C17H18INO4/c1-13-4-9-19(14(2)10-13)25-12-17-11-16(15-5-6-15)7-8-18(17)21(23)20(22)24-3;1-5-24-16-7-8-17(20(22)19(21)23-4)15(11-16)12-25-18-9-6-13(2)10-14(18)3;1-5-15-7-8-17(20(22)19(21)23-4)16(11-15)12-24-18-9-6-13(2)10-14(18)3;1-12-5-8-17(13(2)9-12)24-11-14-10-15(22-3)6-7-16(14)19(21)18(20)23-4;1-12-6-8-17(14(3)9-12)23-11-15-10-13(2)5-7-16(15)19(21)18(20)22-4;1-11-4-7-16(12(2)8-11)23-10-13-9-14(18)5-6-15(13)19(21)17(20)22-3/h4,7-11,15,23H,5-6,12H2,1-3H3;6-11,22H,5,12H2,1-4H3;6-11,22H,5,12H2,1-4H3;5-10,21H,11H2,1-4H3;5-10,21H,11H2,1-4H3;4-9,21H,10H2,1-3H3. The van der Waals surface area contributed by atoms with E-state index < -0.39 is 36.6 Å². The number of hydroxylamine groups is 6. The second kappa shape index (κ2) is 56.1. The van der Waals surface area contributed by atoms with Crippen LogP contribution < -0.4 is 68.3 Å². The van der Waals surface area contributed by atoms with E-state index in [1.165, 1.54) is 77.8 Å². The van der Waals surface area contributed by atoms with E-state index >= 15 is 0 Å². The Morgan fingerprint density at radius 1 is 0.271 bits per heavy atom. The number of carbonyl (C=O) groups excluding carboxylic acids is 6. The maximum atomic E-state index is 11.7. The van der Waals surface area contributed by atoms with Crippen LogP contribution in [-0.2, 0) is 74.5 Å². The van der Waals surface area contributed by atoms with Gasteiger partial charge in [-0.25, -0.2) is 28.8 Å². The summed E-state index contributed by atoms with van der Waals surface area (Å²) in [6.45, 7) is 31.6. The molecule has 12 aromatic carbocycles. The van der Waals surface area contributed by atoms with Crippen molar-refractivity contribution in [3.8, 4) is 46.0 Å². The molecule has 0 aliphatic heterocycles. The molecule has 6 N–H and O–H groups in total. The molecule has 0 bridgehead atoms. The van der Waals surface area contributed by atoms with Gasteiger partial charge in [0.05, 0.1) is 90.5 Å². The Morgan fingerprint density at radius 3 is 0.785 bits per heavy atom. The monoisotopic (exact) mass is 2090 g/mol. The summed E-state index contributed by atoms with van der Waals surface area (Å²) in [5.41, 5.74) is 22.4. The average molecular weight is 2090 g/mol. The van der Waals surface area contributed by atoms with Gasteiger partial charge < -0.3 is 66.3 Å². The lowest BCUT2D eigenvalue weighted by atomic mass is 10.1. The Hall–Kier alpha value is -14.9. The highest BCUT2D eigenvalue weighted by Crippen LogP contribution is 2.42. The number of benzene rings is 12. The van der Waals surface area contributed by atoms with E-state index in [0.29, 0.717) is 105 Å². The van der Waals surface area contributed by atoms with Crippen LogP contribution in [0.15, 0.2) is 218 Å². The summed E-state index contributed by atoms with van der Waals surface area (Å²) in [5, 5.41) is 63.0. The zero-order valence-electron chi connectivity index (χ0n) is 85.3. The average Bonchev–Trinajstić information content (AvgIpc) is 1.64. The first kappa shape index (κ1) is 114. The molecule has 32 nitrogen and oxygen atoms in total. The van der Waals surface area contributed by atoms with Crippen molar-refractivity contribution in [2.75, 3.05) is 86.8 Å². The second-order valence-electron chi connectivity index (χ2n) is 33.6. The van der Waals surface area contributed by atoms with E-state index in [9.17, 15) is 60.0 Å². The number of methoxy groups -OCH3 is 7. The summed E-state index contributed by atoms with van der Waals surface area (Å²) in [4.78, 5) is 69.5. The first-order valence-corrected chi connectivity index (χ1v) is 47.0. The van der Waals surface area contributed by atoms with Crippen LogP contribution in [0.3, 0.4) is 0 Å². The number of hydrogen-bond acceptors (Lipinski definition) is 26. The minimum Gasteiger partial charge on any atom is -0.497 e. The van der Waals surface area contributed by atoms with Gasteiger partial charge in [-0.2, -0.15) is 30.4 Å². The van der Waals surface area contributed by atoms with Crippen molar-refractivity contribution in [1.82, 2.24) is 0 Å². The molecule has 6 amide bonds. The smallest absolute Gasteiger partial charge is 0.438 e. The first-order chi connectivity index (χ1) is 68.7. The van der Waals surface area contributed by atoms with Gasteiger partial charge >= 0.3 is 36.6 Å². The van der Waals surface area contributed by atoms with Gasteiger partial charge in [0.2, 0.25) is 0 Å². The largest absolute Gasteiger partial charge is 0.497 e. The van der Waals surface area contributed by atoms with Gasteiger partial charge in [-0.3, -0.25) is 31.2 Å². The molecule has 0 aromatic heterocycles. The third-order valence-electron chi connectivity index (χ3n) is 22.4. The fraction of sp³-hybridized carbons (Fsp3) is 0.297. The summed E-state index contributed by atoms with van der Waals surface area (Å²) >= 11 is 2.17. The van der Waals surface area contributed by atoms with Crippen molar-refractivity contribution in [1.29, 1.82) is 0 Å². The first-order valence-electron chi connectivity index (χ1n) is 45.9. The summed E-state index contributed by atoms with van der Waals surface area (Å²) in [6.07, 6.45) is -1.92. The van der Waals surface area contributed by atoms with Crippen LogP contribution in [0.2, 0.25) is 0 Å². The molecule has 0 radical (unpaired) electrons. The fourth-order valence-corrected chi connectivity index (χ4v) is 15.2. The number of aryl methyl sites for hydroxylation is 14. The Labute approximate surface area is 854 Å². The molecule has 1 saturated carbocycles. The Kier molecular flexibility index (Phi) is 44.6. The van der Waals surface area contributed by atoms with Gasteiger partial charge in [0.15, 0.2) is 0 Å². The fourth-order valence-electron chi connectivity index (χ4n) is 14.7. The van der Waals surface area contributed by atoms with Gasteiger partial charge in [0.25, 0.3) is 0 Å². The Morgan fingerprint density at radius 2 is 0.507 bits per heavy atom. The zero-order valence-corrected chi connectivity index (χ0v) is 87.5. The summed E-state index contributed by atoms with van der Waals surface area (Å²) in [5.74, 6) is 6.36. The molecule has 0 spiro atoms. The quantitative estimate of drug-likeness (QED) is 0.0110. The molecule has 13 rings (SSSR count). The van der Waals surface area contributed by atoms with Crippen molar-refractivity contribution < 1.29 is 126 Å². The molecule has 1 aliphatic carbocycles. The number of amides is 6. The summed E-state index contributed by atoms with van der Waals surface area (Å²) < 4.78 is 74.2. The predicted molar refractivity (Wildman–Crippen MR) is 557 cm³/mol. The molecule has 12 aromatic rings. The number of ether oxygens (including phenoxy) is 14. The van der Waals surface area contributed by atoms with Gasteiger partial charge in [-0.15, -0.1) is 0 Å². The van der Waals surface area contributed by atoms with E-state index in [-0.39, 0.29) is 51.0 Å².